The van der Waals surface area contributed by atoms with E-state index in [-0.39, 0.29) is 10.9 Å². The van der Waals surface area contributed by atoms with Crippen LogP contribution in [0.1, 0.15) is 0 Å². The Hall–Kier alpha value is -1.63. The normalized spacial score (nSPS) is 10.3. The second-order valence-corrected chi connectivity index (χ2v) is 4.29. The number of pyridine rings is 1. The largest absolute Gasteiger partial charge is 0.733 e. The Morgan fingerprint density at radius 3 is 2.53 bits per heavy atom. The highest BCUT2D eigenvalue weighted by atomic mass is 32.2. The molecule has 0 unspecified atom stereocenters. The van der Waals surface area contributed by atoms with E-state index in [0.29, 0.717) is 4.90 Å². The van der Waals surface area contributed by atoms with Crippen LogP contribution in [-0.4, -0.2) is 10.2 Å². The molecule has 4 nitrogen and oxygen atoms in total. The highest BCUT2D eigenvalue weighted by Crippen LogP contribution is 2.31. The smallest absolute Gasteiger partial charge is 0.139 e. The van der Waals surface area contributed by atoms with E-state index in [1.54, 1.807) is 24.5 Å². The molecule has 88 valence electrons. The predicted octanol–water partition coefficient (Wildman–Crippen LogP) is 3.07. The molecule has 1 heterocycles. The van der Waals surface area contributed by atoms with Gasteiger partial charge in [-0.15, -0.1) is 0 Å². The highest BCUT2D eigenvalue weighted by Gasteiger charge is 2.05. The summed E-state index contributed by atoms with van der Waals surface area (Å²) >= 11 is 1.22. The second-order valence-electron chi connectivity index (χ2n) is 3.17. The lowest BCUT2D eigenvalue weighted by molar-refractivity contribution is 0.296. The van der Waals surface area contributed by atoms with Crippen LogP contribution in [0.4, 0.5) is 10.1 Å². The van der Waals surface area contributed by atoms with Crippen LogP contribution < -0.4 is 5.23 Å². The standard InChI is InChI=1S/C11H8FN2O2S/c12-10-7-8(14(15)16)1-2-11(10)17-9-3-5-13-6-4-9/h1-7,15H/q-1. The third-order valence-corrected chi connectivity index (χ3v) is 3.07. The number of halogens is 1. The molecule has 6 heteroatoms. The van der Waals surface area contributed by atoms with Crippen molar-refractivity contribution in [3.63, 3.8) is 0 Å². The number of hydrogen-bond donors (Lipinski definition) is 1. The molecule has 0 amide bonds. The molecular weight excluding hydrogens is 243 g/mol. The molecule has 2 rings (SSSR count). The first kappa shape index (κ1) is 11.8. The van der Waals surface area contributed by atoms with Crippen LogP contribution in [-0.2, 0) is 0 Å². The van der Waals surface area contributed by atoms with Crippen molar-refractivity contribution in [1.82, 2.24) is 4.98 Å². The van der Waals surface area contributed by atoms with Crippen LogP contribution in [0.2, 0.25) is 0 Å². The summed E-state index contributed by atoms with van der Waals surface area (Å²) in [5, 5.41) is 18.8. The number of hydrogen-bond acceptors (Lipinski definition) is 5. The van der Waals surface area contributed by atoms with Crippen molar-refractivity contribution in [3.05, 3.63) is 53.7 Å². The third-order valence-electron chi connectivity index (χ3n) is 2.01. The lowest BCUT2D eigenvalue weighted by Crippen LogP contribution is -2.07. The van der Waals surface area contributed by atoms with Crippen molar-refractivity contribution in [2.24, 2.45) is 0 Å². The van der Waals surface area contributed by atoms with Crippen LogP contribution in [0.5, 0.6) is 0 Å². The van der Waals surface area contributed by atoms with Gasteiger partial charge < -0.3 is 10.4 Å². The summed E-state index contributed by atoms with van der Waals surface area (Å²) in [7, 11) is 0. The number of benzene rings is 1. The molecule has 0 atom stereocenters. The maximum atomic E-state index is 13.6. The molecule has 1 aromatic carbocycles. The predicted molar refractivity (Wildman–Crippen MR) is 62.4 cm³/mol. The molecule has 0 fully saturated rings. The van der Waals surface area contributed by atoms with Gasteiger partial charge in [0.05, 0.1) is 5.69 Å². The zero-order valence-electron chi connectivity index (χ0n) is 8.58. The molecule has 0 saturated heterocycles. The summed E-state index contributed by atoms with van der Waals surface area (Å²) in [6.45, 7) is 0. The van der Waals surface area contributed by atoms with Crippen molar-refractivity contribution < 1.29 is 9.60 Å². The van der Waals surface area contributed by atoms with Gasteiger partial charge in [-0.2, -0.15) is 0 Å². The lowest BCUT2D eigenvalue weighted by atomic mass is 10.3. The van der Waals surface area contributed by atoms with E-state index in [1.165, 1.54) is 23.9 Å². The molecule has 0 aliphatic heterocycles. The first-order valence-corrected chi connectivity index (χ1v) is 5.52. The fourth-order valence-electron chi connectivity index (χ4n) is 1.22. The summed E-state index contributed by atoms with van der Waals surface area (Å²) in [5.74, 6) is -0.556. The van der Waals surface area contributed by atoms with Gasteiger partial charge in [-0.3, -0.25) is 10.2 Å². The fourth-order valence-corrected chi connectivity index (χ4v) is 2.03. The second kappa shape index (κ2) is 5.13. The van der Waals surface area contributed by atoms with E-state index in [0.717, 1.165) is 11.0 Å². The zero-order valence-corrected chi connectivity index (χ0v) is 9.39. The number of rotatable bonds is 3. The minimum absolute atomic E-state index is 0.137. The van der Waals surface area contributed by atoms with Gasteiger partial charge in [0.15, 0.2) is 0 Å². The average molecular weight is 251 g/mol. The Labute approximate surface area is 101 Å². The van der Waals surface area contributed by atoms with E-state index in [4.69, 9.17) is 5.21 Å². The van der Waals surface area contributed by atoms with E-state index in [1.807, 2.05) is 0 Å². The monoisotopic (exact) mass is 251 g/mol. The molecule has 1 aromatic heterocycles. The first-order valence-electron chi connectivity index (χ1n) is 4.70. The van der Waals surface area contributed by atoms with E-state index < -0.39 is 5.82 Å². The van der Waals surface area contributed by atoms with Gasteiger partial charge >= 0.3 is 0 Å². The zero-order chi connectivity index (χ0) is 12.3. The molecule has 0 aliphatic carbocycles. The quantitative estimate of drug-likeness (QED) is 0.849. The van der Waals surface area contributed by atoms with Crippen LogP contribution in [0.3, 0.4) is 0 Å². The maximum Gasteiger partial charge on any atom is 0.139 e. The van der Waals surface area contributed by atoms with Crippen LogP contribution in [0.15, 0.2) is 52.5 Å². The minimum atomic E-state index is -0.556. The van der Waals surface area contributed by atoms with Crippen LogP contribution in [0.25, 0.3) is 0 Å². The van der Waals surface area contributed by atoms with Gasteiger partial charge in [0.1, 0.15) is 5.82 Å². The molecule has 0 saturated carbocycles. The van der Waals surface area contributed by atoms with Crippen LogP contribution >= 0.6 is 11.8 Å². The summed E-state index contributed by atoms with van der Waals surface area (Å²) in [4.78, 5) is 5.08. The average Bonchev–Trinajstić information content (AvgIpc) is 2.33. The molecular formula is C11H8FN2O2S-. The van der Waals surface area contributed by atoms with Gasteiger partial charge in [0, 0.05) is 22.2 Å². The molecule has 1 N–H and O–H groups in total. The Kier molecular flexibility index (Phi) is 3.58. The van der Waals surface area contributed by atoms with Crippen molar-refractivity contribution in [3.8, 4) is 0 Å². The van der Waals surface area contributed by atoms with Crippen molar-refractivity contribution >= 4 is 17.4 Å². The summed E-state index contributed by atoms with van der Waals surface area (Å²) < 4.78 is 13.6. The molecule has 0 aliphatic rings. The van der Waals surface area contributed by atoms with Crippen molar-refractivity contribution in [2.75, 3.05) is 5.23 Å². The first-order chi connectivity index (χ1) is 8.16. The lowest BCUT2D eigenvalue weighted by Gasteiger charge is -2.21. The Balaban J connectivity index is 2.23. The molecule has 0 radical (unpaired) electrons. The van der Waals surface area contributed by atoms with E-state index in [9.17, 15) is 9.60 Å². The van der Waals surface area contributed by atoms with Gasteiger partial charge in [-0.25, -0.2) is 4.39 Å². The van der Waals surface area contributed by atoms with Gasteiger partial charge in [-0.05, 0) is 30.3 Å². The fraction of sp³-hybridized carbons (Fsp3) is 0. The summed E-state index contributed by atoms with van der Waals surface area (Å²) in [6.07, 6.45) is 3.23. The highest BCUT2D eigenvalue weighted by molar-refractivity contribution is 7.99. The third kappa shape index (κ3) is 2.94. The van der Waals surface area contributed by atoms with Gasteiger partial charge in [0.2, 0.25) is 0 Å². The summed E-state index contributed by atoms with van der Waals surface area (Å²) in [5.41, 5.74) is -0.137. The van der Waals surface area contributed by atoms with Gasteiger partial charge in [-0.1, -0.05) is 11.8 Å². The molecule has 2 aromatic rings. The van der Waals surface area contributed by atoms with Crippen molar-refractivity contribution in [2.45, 2.75) is 9.79 Å². The Bertz CT molecular complexity index is 508. The molecule has 0 spiro atoms. The van der Waals surface area contributed by atoms with E-state index >= 15 is 0 Å². The number of aromatic nitrogens is 1. The topological polar surface area (TPSA) is 59.4 Å². The van der Waals surface area contributed by atoms with Crippen molar-refractivity contribution in [1.29, 1.82) is 0 Å². The van der Waals surface area contributed by atoms with Gasteiger partial charge in [0.25, 0.3) is 0 Å². The Morgan fingerprint density at radius 2 is 1.94 bits per heavy atom. The summed E-state index contributed by atoms with van der Waals surface area (Å²) in [6, 6.07) is 7.28. The molecule has 0 bridgehead atoms. The number of anilines is 1. The maximum absolute atomic E-state index is 13.6. The van der Waals surface area contributed by atoms with E-state index in [2.05, 4.69) is 4.98 Å². The SMILES string of the molecule is [O-]N(O)c1ccc(Sc2ccncc2)c(F)c1. The van der Waals surface area contributed by atoms with Crippen LogP contribution in [0, 0.1) is 11.0 Å². The minimum Gasteiger partial charge on any atom is -0.733 e. The number of nitrogens with zero attached hydrogens (tertiary/aromatic N) is 2. The Morgan fingerprint density at radius 1 is 1.24 bits per heavy atom. The molecule has 17 heavy (non-hydrogen) atoms.